The average molecular weight is 445 g/mol. The number of hydrogen-bond acceptors (Lipinski definition) is 6. The number of carbonyl (C=O) groups is 1. The van der Waals surface area contributed by atoms with Gasteiger partial charge < -0.3 is 19.7 Å². The Morgan fingerprint density at radius 2 is 2.26 bits per heavy atom. The van der Waals surface area contributed by atoms with Gasteiger partial charge in [-0.1, -0.05) is 12.1 Å². The quantitative estimate of drug-likeness (QED) is 0.603. The third-order valence-corrected chi connectivity index (χ3v) is 6.69. The van der Waals surface area contributed by atoms with Crippen LogP contribution in [0.15, 0.2) is 41.9 Å². The van der Waals surface area contributed by atoms with Crippen molar-refractivity contribution in [3.05, 3.63) is 53.9 Å². The lowest BCUT2D eigenvalue weighted by Gasteiger charge is -2.30. The Labute approximate surface area is 181 Å². The molecule has 31 heavy (non-hydrogen) atoms. The van der Waals surface area contributed by atoms with Gasteiger partial charge in [0.1, 0.15) is 11.5 Å². The maximum atomic E-state index is 13.0. The fraction of sp³-hybridized carbons (Fsp3) is 0.333. The maximum Gasteiger partial charge on any atom is 0.276 e. The Kier molecular flexibility index (Phi) is 5.96. The minimum Gasteiger partial charge on any atom is -0.488 e. The Morgan fingerprint density at radius 1 is 1.55 bits per heavy atom. The van der Waals surface area contributed by atoms with Gasteiger partial charge in [0.25, 0.3) is 5.91 Å². The highest BCUT2D eigenvalue weighted by Gasteiger charge is 2.41. The van der Waals surface area contributed by atoms with Crippen molar-refractivity contribution in [1.82, 2.24) is 9.29 Å². The van der Waals surface area contributed by atoms with Crippen LogP contribution < -0.4 is 14.8 Å². The number of sulfonamides is 1. The Morgan fingerprint density at radius 3 is 2.90 bits per heavy atom. The summed E-state index contributed by atoms with van der Waals surface area (Å²) in [4.78, 5) is 12.8. The summed E-state index contributed by atoms with van der Waals surface area (Å²) in [5.41, 5.74) is 0.149. The number of nitriles is 1. The molecule has 1 amide bonds. The van der Waals surface area contributed by atoms with Gasteiger partial charge in [-0.3, -0.25) is 4.79 Å². The van der Waals surface area contributed by atoms with Gasteiger partial charge in [-0.15, -0.1) is 6.58 Å². The van der Waals surface area contributed by atoms with Crippen molar-refractivity contribution in [3.63, 3.8) is 0 Å². The van der Waals surface area contributed by atoms with E-state index in [1.807, 2.05) is 0 Å². The van der Waals surface area contributed by atoms with Crippen LogP contribution in [-0.4, -0.2) is 42.2 Å². The molecule has 0 aliphatic carbocycles. The van der Waals surface area contributed by atoms with Gasteiger partial charge in [0.15, 0.2) is 11.4 Å². The van der Waals surface area contributed by atoms with Crippen LogP contribution in [0.4, 0.5) is 5.69 Å². The number of fused-ring (bicyclic) bond motifs is 1. The molecule has 0 fully saturated rings. The van der Waals surface area contributed by atoms with Gasteiger partial charge in [-0.25, -0.2) is 13.1 Å². The first kappa shape index (κ1) is 22.6. The summed E-state index contributed by atoms with van der Waals surface area (Å²) in [6.07, 6.45) is 2.92. The summed E-state index contributed by atoms with van der Waals surface area (Å²) >= 11 is 0. The number of rotatable bonds is 5. The molecule has 10 heteroatoms. The van der Waals surface area contributed by atoms with E-state index in [0.717, 1.165) is 5.56 Å². The number of aromatic nitrogens is 1. The van der Waals surface area contributed by atoms with Crippen molar-refractivity contribution >= 4 is 21.6 Å². The number of aliphatic hydroxyl groups is 1. The Hall–Kier alpha value is -3.13. The molecule has 9 nitrogen and oxygen atoms in total. The number of nitrogens with one attached hydrogen (secondary N) is 2. The van der Waals surface area contributed by atoms with Gasteiger partial charge in [0.2, 0.25) is 10.0 Å². The molecule has 0 spiro atoms. The standard InChI is InChI=1S/C21H24N4O5S/c1-5-8-21(3,27)17-12-30-19-16(31(28,29)24-17)11-25(4)18(19)20(26)23-15-7-6-13(2)14(9-15)10-22/h5-7,9,11,17,24,27H,1,8,12H2,2-4H3,(H,23,26)/t17-,21-/m0/s1. The summed E-state index contributed by atoms with van der Waals surface area (Å²) in [7, 11) is -2.54. The third kappa shape index (κ3) is 4.34. The molecule has 0 radical (unpaired) electrons. The minimum atomic E-state index is -4.07. The van der Waals surface area contributed by atoms with Crippen molar-refractivity contribution < 1.29 is 23.1 Å². The van der Waals surface area contributed by atoms with Crippen molar-refractivity contribution in [3.8, 4) is 11.8 Å². The number of carbonyl (C=O) groups excluding carboxylic acids is 1. The normalized spacial score (nSPS) is 19.1. The number of aryl methyl sites for hydroxylation is 2. The van der Waals surface area contributed by atoms with Crippen LogP contribution in [0, 0.1) is 18.3 Å². The summed E-state index contributed by atoms with van der Waals surface area (Å²) < 4.78 is 35.4. The van der Waals surface area contributed by atoms with E-state index >= 15 is 0 Å². The summed E-state index contributed by atoms with van der Waals surface area (Å²) in [5.74, 6) is -0.694. The van der Waals surface area contributed by atoms with E-state index in [2.05, 4.69) is 22.7 Å². The lowest BCUT2D eigenvalue weighted by Crippen LogP contribution is -2.52. The second-order valence-electron chi connectivity index (χ2n) is 7.71. The number of ether oxygens (including phenoxy) is 1. The molecular formula is C21H24N4O5S. The summed E-state index contributed by atoms with van der Waals surface area (Å²) in [5, 5.41) is 22.5. The van der Waals surface area contributed by atoms with Crippen LogP contribution in [0.25, 0.3) is 0 Å². The number of hydrogen-bond donors (Lipinski definition) is 3. The zero-order chi connectivity index (χ0) is 23.0. The van der Waals surface area contributed by atoms with Crippen molar-refractivity contribution in [2.45, 2.75) is 36.8 Å². The number of amides is 1. The van der Waals surface area contributed by atoms with Gasteiger partial charge in [-0.05, 0) is 38.0 Å². The summed E-state index contributed by atoms with van der Waals surface area (Å²) in [6.45, 7) is 6.67. The van der Waals surface area contributed by atoms with Gasteiger partial charge in [-0.2, -0.15) is 5.26 Å². The van der Waals surface area contributed by atoms with Crippen LogP contribution in [0.1, 0.15) is 35.0 Å². The number of anilines is 1. The van der Waals surface area contributed by atoms with Gasteiger partial charge >= 0.3 is 0 Å². The highest BCUT2D eigenvalue weighted by atomic mass is 32.2. The Bertz CT molecular complexity index is 1190. The molecule has 2 aromatic rings. The fourth-order valence-corrected chi connectivity index (χ4v) is 4.89. The molecule has 2 atom stereocenters. The van der Waals surface area contributed by atoms with Gasteiger partial charge in [0, 0.05) is 18.9 Å². The molecule has 1 aromatic heterocycles. The van der Waals surface area contributed by atoms with Crippen molar-refractivity contribution in [2.75, 3.05) is 11.9 Å². The molecule has 3 rings (SSSR count). The largest absolute Gasteiger partial charge is 0.488 e. The molecule has 1 aliphatic heterocycles. The molecule has 0 saturated carbocycles. The minimum absolute atomic E-state index is 0.00321. The lowest BCUT2D eigenvalue weighted by atomic mass is 9.94. The van der Waals surface area contributed by atoms with E-state index < -0.39 is 27.6 Å². The smallest absolute Gasteiger partial charge is 0.276 e. The zero-order valence-electron chi connectivity index (χ0n) is 17.5. The first-order chi connectivity index (χ1) is 14.5. The molecular weight excluding hydrogens is 420 g/mol. The van der Waals surface area contributed by atoms with E-state index in [9.17, 15) is 23.6 Å². The van der Waals surface area contributed by atoms with E-state index in [4.69, 9.17) is 4.74 Å². The predicted molar refractivity (Wildman–Crippen MR) is 114 cm³/mol. The van der Waals surface area contributed by atoms with Crippen LogP contribution in [-0.2, 0) is 17.1 Å². The SMILES string of the molecule is C=CC[C@](C)(O)[C@@H]1COc2c(cn(C)c2C(=O)Nc2ccc(C)c(C#N)c2)S(=O)(=O)N1. The monoisotopic (exact) mass is 444 g/mol. The molecule has 164 valence electrons. The number of benzene rings is 1. The van der Waals surface area contributed by atoms with Crippen LogP contribution in [0.5, 0.6) is 5.75 Å². The molecule has 0 saturated heterocycles. The van der Waals surface area contributed by atoms with E-state index in [0.29, 0.717) is 11.3 Å². The second kappa shape index (κ2) is 8.19. The first-order valence-electron chi connectivity index (χ1n) is 9.50. The highest BCUT2D eigenvalue weighted by molar-refractivity contribution is 7.89. The van der Waals surface area contributed by atoms with E-state index in [-0.39, 0.29) is 29.4 Å². The summed E-state index contributed by atoms with van der Waals surface area (Å²) in [6, 6.07) is 6.00. The molecule has 1 aliphatic rings. The zero-order valence-corrected chi connectivity index (χ0v) is 18.3. The maximum absolute atomic E-state index is 13.0. The fourth-order valence-electron chi connectivity index (χ4n) is 3.37. The third-order valence-electron chi connectivity index (χ3n) is 5.22. The molecule has 0 unspecified atom stereocenters. The molecule has 0 bridgehead atoms. The van der Waals surface area contributed by atoms with Gasteiger partial charge in [0.05, 0.1) is 23.3 Å². The Balaban J connectivity index is 1.97. The van der Waals surface area contributed by atoms with Crippen LogP contribution >= 0.6 is 0 Å². The van der Waals surface area contributed by atoms with E-state index in [1.165, 1.54) is 36.9 Å². The van der Waals surface area contributed by atoms with Crippen molar-refractivity contribution in [2.24, 2.45) is 7.05 Å². The average Bonchev–Trinajstić information content (AvgIpc) is 2.97. The molecule has 1 aromatic carbocycles. The second-order valence-corrected chi connectivity index (χ2v) is 9.39. The highest BCUT2D eigenvalue weighted by Crippen LogP contribution is 2.34. The van der Waals surface area contributed by atoms with Crippen molar-refractivity contribution in [1.29, 1.82) is 5.26 Å². The topological polar surface area (TPSA) is 133 Å². The van der Waals surface area contributed by atoms with Crippen LogP contribution in [0.3, 0.4) is 0 Å². The number of nitrogens with zero attached hydrogens (tertiary/aromatic N) is 2. The lowest BCUT2D eigenvalue weighted by molar-refractivity contribution is 0.0143. The van der Waals surface area contributed by atoms with E-state index in [1.54, 1.807) is 19.1 Å². The molecule has 2 heterocycles. The molecule has 3 N–H and O–H groups in total. The first-order valence-corrected chi connectivity index (χ1v) is 11.0. The van der Waals surface area contributed by atoms with Crippen LogP contribution in [0.2, 0.25) is 0 Å². The predicted octanol–water partition coefficient (Wildman–Crippen LogP) is 1.82.